The number of hydrogen-bond donors (Lipinski definition) is 0. The third kappa shape index (κ3) is 51.6. The second-order valence-electron chi connectivity index (χ2n) is 18.1. The molecule has 6 heteroatoms. The van der Waals surface area contributed by atoms with Crippen molar-refractivity contribution in [2.45, 2.75) is 264 Å². The van der Waals surface area contributed by atoms with Crippen LogP contribution in [0.1, 0.15) is 258 Å². The van der Waals surface area contributed by atoms with Crippen LogP contribution in [0.15, 0.2) is 85.1 Å². The van der Waals surface area contributed by atoms with Gasteiger partial charge < -0.3 is 14.2 Å². The minimum absolute atomic E-state index is 0.0877. The molecule has 6 nitrogen and oxygen atoms in total. The van der Waals surface area contributed by atoms with E-state index in [0.29, 0.717) is 19.3 Å². The fraction of sp³-hybridized carbons (Fsp3) is 0.717. The zero-order valence-electron chi connectivity index (χ0n) is 43.2. The summed E-state index contributed by atoms with van der Waals surface area (Å²) in [6.07, 6.45) is 70.0. The molecule has 378 valence electrons. The summed E-state index contributed by atoms with van der Waals surface area (Å²) in [5.74, 6) is -0.918. The molecule has 0 aromatic heterocycles. The van der Waals surface area contributed by atoms with Crippen molar-refractivity contribution in [2.75, 3.05) is 13.2 Å². The average molecular weight is 919 g/mol. The maximum atomic E-state index is 12.8. The molecule has 0 aromatic carbocycles. The summed E-state index contributed by atoms with van der Waals surface area (Å²) in [6, 6.07) is 0. The van der Waals surface area contributed by atoms with Gasteiger partial charge in [0.25, 0.3) is 0 Å². The molecule has 0 saturated carbocycles. The predicted octanol–water partition coefficient (Wildman–Crippen LogP) is 18.4. The molecule has 1 atom stereocenters. The van der Waals surface area contributed by atoms with Crippen LogP contribution < -0.4 is 0 Å². The Labute approximate surface area is 407 Å². The Kier molecular flexibility index (Phi) is 51.4. The van der Waals surface area contributed by atoms with E-state index in [2.05, 4.69) is 106 Å². The zero-order valence-corrected chi connectivity index (χ0v) is 43.2. The van der Waals surface area contributed by atoms with E-state index in [1.54, 1.807) is 0 Å². The number of unbranched alkanes of at least 4 members (excludes halogenated alkanes) is 24. The van der Waals surface area contributed by atoms with E-state index in [0.717, 1.165) is 116 Å². The molecule has 0 heterocycles. The van der Waals surface area contributed by atoms with Gasteiger partial charge in [0.2, 0.25) is 0 Å². The van der Waals surface area contributed by atoms with Crippen LogP contribution in [0.2, 0.25) is 0 Å². The first-order valence-electron chi connectivity index (χ1n) is 27.6. The van der Waals surface area contributed by atoms with Gasteiger partial charge in [0, 0.05) is 19.3 Å². The fourth-order valence-electron chi connectivity index (χ4n) is 7.49. The summed E-state index contributed by atoms with van der Waals surface area (Å²) in [6.45, 7) is 6.46. The summed E-state index contributed by atoms with van der Waals surface area (Å²) in [5.41, 5.74) is 0. The SMILES string of the molecule is CC/C=C\C/C=C\C/C=C\C/C=C\C/C=C\C/C=C\CCCCCCC(=O)OCC(COC(=O)CCCCCCC/C=C\CCCC)OC(=O)CCCCCCCCCCCCCCCC. The van der Waals surface area contributed by atoms with Crippen LogP contribution >= 0.6 is 0 Å². The first-order chi connectivity index (χ1) is 32.5. The van der Waals surface area contributed by atoms with Gasteiger partial charge in [0.1, 0.15) is 13.2 Å². The van der Waals surface area contributed by atoms with Crippen molar-refractivity contribution < 1.29 is 28.6 Å². The smallest absolute Gasteiger partial charge is 0.306 e. The summed E-state index contributed by atoms with van der Waals surface area (Å²) < 4.78 is 16.8. The molecule has 0 saturated heterocycles. The summed E-state index contributed by atoms with van der Waals surface area (Å²) in [4.78, 5) is 38.0. The topological polar surface area (TPSA) is 78.9 Å². The minimum atomic E-state index is -0.788. The Morgan fingerprint density at radius 2 is 0.606 bits per heavy atom. The van der Waals surface area contributed by atoms with Crippen LogP contribution in [-0.4, -0.2) is 37.2 Å². The van der Waals surface area contributed by atoms with E-state index in [-0.39, 0.29) is 31.1 Å². The second kappa shape index (κ2) is 54.2. The highest BCUT2D eigenvalue weighted by atomic mass is 16.6. The molecule has 0 aliphatic heterocycles. The average Bonchev–Trinajstić information content (AvgIpc) is 3.31. The van der Waals surface area contributed by atoms with Crippen molar-refractivity contribution in [1.82, 2.24) is 0 Å². The van der Waals surface area contributed by atoms with Gasteiger partial charge in [-0.2, -0.15) is 0 Å². The standard InChI is InChI=1S/C60H102O6/c1-4-7-10-13-16-19-22-24-26-27-28-29-30-31-32-33-34-36-38-41-44-47-50-53-59(62)65-56-57(55-64-58(61)52-49-46-43-40-37-21-18-15-12-9-6-3)66-60(63)54-51-48-45-42-39-35-25-23-20-17-14-11-8-5-2/h7,10,15-16,18-19,24,26,28-29,31-32,34,36,57H,4-6,8-9,11-14,17,20-23,25,27,30,33,35,37-56H2,1-3H3/b10-7-,18-15-,19-16-,26-24-,29-28-,32-31-,36-34-. The van der Waals surface area contributed by atoms with Crippen molar-refractivity contribution in [2.24, 2.45) is 0 Å². The first-order valence-corrected chi connectivity index (χ1v) is 27.6. The number of esters is 3. The van der Waals surface area contributed by atoms with E-state index in [1.807, 2.05) is 0 Å². The van der Waals surface area contributed by atoms with Gasteiger partial charge in [-0.25, -0.2) is 0 Å². The van der Waals surface area contributed by atoms with E-state index in [9.17, 15) is 14.4 Å². The quantitative estimate of drug-likeness (QED) is 0.0262. The van der Waals surface area contributed by atoms with Crippen LogP contribution in [0.25, 0.3) is 0 Å². The number of allylic oxidation sites excluding steroid dienone is 14. The number of carbonyl (C=O) groups is 3. The molecule has 0 aromatic rings. The van der Waals surface area contributed by atoms with Gasteiger partial charge in [-0.3, -0.25) is 14.4 Å². The lowest BCUT2D eigenvalue weighted by molar-refractivity contribution is -0.167. The largest absolute Gasteiger partial charge is 0.462 e. The number of carbonyl (C=O) groups excluding carboxylic acids is 3. The normalized spacial score (nSPS) is 12.7. The van der Waals surface area contributed by atoms with E-state index >= 15 is 0 Å². The Hall–Kier alpha value is -3.41. The van der Waals surface area contributed by atoms with Crippen LogP contribution in [0.5, 0.6) is 0 Å². The lowest BCUT2D eigenvalue weighted by Gasteiger charge is -2.18. The number of ether oxygens (including phenoxy) is 3. The predicted molar refractivity (Wildman–Crippen MR) is 284 cm³/mol. The first kappa shape index (κ1) is 62.6. The van der Waals surface area contributed by atoms with Crippen molar-refractivity contribution in [3.05, 3.63) is 85.1 Å². The lowest BCUT2D eigenvalue weighted by Crippen LogP contribution is -2.30. The molecule has 0 aliphatic rings. The highest BCUT2D eigenvalue weighted by Crippen LogP contribution is 2.15. The second-order valence-corrected chi connectivity index (χ2v) is 18.1. The van der Waals surface area contributed by atoms with E-state index < -0.39 is 6.10 Å². The minimum Gasteiger partial charge on any atom is -0.462 e. The molecule has 0 bridgehead atoms. The molecule has 0 spiro atoms. The van der Waals surface area contributed by atoms with Crippen LogP contribution in [-0.2, 0) is 28.6 Å². The van der Waals surface area contributed by atoms with E-state index in [4.69, 9.17) is 14.2 Å². The third-order valence-electron chi connectivity index (χ3n) is 11.6. The van der Waals surface area contributed by atoms with Crippen molar-refractivity contribution in [1.29, 1.82) is 0 Å². The van der Waals surface area contributed by atoms with Crippen molar-refractivity contribution in [3.63, 3.8) is 0 Å². The van der Waals surface area contributed by atoms with Gasteiger partial charge in [0.15, 0.2) is 6.10 Å². The Morgan fingerprint density at radius 1 is 0.318 bits per heavy atom. The molecular formula is C60H102O6. The summed E-state index contributed by atoms with van der Waals surface area (Å²) in [5, 5.41) is 0. The maximum Gasteiger partial charge on any atom is 0.306 e. The Morgan fingerprint density at radius 3 is 0.985 bits per heavy atom. The van der Waals surface area contributed by atoms with Gasteiger partial charge in [-0.05, 0) is 89.9 Å². The summed E-state index contributed by atoms with van der Waals surface area (Å²) >= 11 is 0. The molecule has 0 aliphatic carbocycles. The molecule has 66 heavy (non-hydrogen) atoms. The van der Waals surface area contributed by atoms with Crippen LogP contribution in [0.4, 0.5) is 0 Å². The zero-order chi connectivity index (χ0) is 47.9. The number of hydrogen-bond acceptors (Lipinski definition) is 6. The van der Waals surface area contributed by atoms with Gasteiger partial charge in [-0.15, -0.1) is 0 Å². The fourth-order valence-corrected chi connectivity index (χ4v) is 7.49. The van der Waals surface area contributed by atoms with E-state index in [1.165, 1.54) is 103 Å². The Bertz CT molecular complexity index is 1290. The molecule has 0 radical (unpaired) electrons. The van der Waals surface area contributed by atoms with Crippen LogP contribution in [0, 0.1) is 0 Å². The molecule has 0 N–H and O–H groups in total. The third-order valence-corrected chi connectivity index (χ3v) is 11.6. The molecule has 0 fully saturated rings. The molecule has 0 amide bonds. The monoisotopic (exact) mass is 919 g/mol. The number of rotatable bonds is 49. The Balaban J connectivity index is 4.37. The highest BCUT2D eigenvalue weighted by molar-refractivity contribution is 5.71. The van der Waals surface area contributed by atoms with Gasteiger partial charge >= 0.3 is 17.9 Å². The van der Waals surface area contributed by atoms with Crippen molar-refractivity contribution in [3.8, 4) is 0 Å². The van der Waals surface area contributed by atoms with Gasteiger partial charge in [-0.1, -0.05) is 234 Å². The molecular weight excluding hydrogens is 817 g/mol. The molecule has 1 unspecified atom stereocenters. The van der Waals surface area contributed by atoms with Gasteiger partial charge in [0.05, 0.1) is 0 Å². The lowest BCUT2D eigenvalue weighted by atomic mass is 10.0. The highest BCUT2D eigenvalue weighted by Gasteiger charge is 2.19. The van der Waals surface area contributed by atoms with Crippen molar-refractivity contribution >= 4 is 17.9 Å². The van der Waals surface area contributed by atoms with Crippen LogP contribution in [0.3, 0.4) is 0 Å². The maximum absolute atomic E-state index is 12.8. The summed E-state index contributed by atoms with van der Waals surface area (Å²) in [7, 11) is 0. The molecule has 0 rings (SSSR count).